The van der Waals surface area contributed by atoms with E-state index in [1.54, 1.807) is 12.1 Å². The van der Waals surface area contributed by atoms with Crippen LogP contribution in [0, 0.1) is 55.4 Å². The summed E-state index contributed by atoms with van der Waals surface area (Å²) in [6.45, 7) is 20.6. The third-order valence-corrected chi connectivity index (χ3v) is 5.81. The summed E-state index contributed by atoms with van der Waals surface area (Å²) in [4.78, 5) is 26.1. The summed E-state index contributed by atoms with van der Waals surface area (Å²) in [6.07, 6.45) is 5.39. The Morgan fingerprint density at radius 3 is 2.13 bits per heavy atom. The molecular weight excluding hydrogens is 661 g/mol. The van der Waals surface area contributed by atoms with Gasteiger partial charge in [0.25, 0.3) is 12.1 Å². The molecule has 0 radical (unpaired) electrons. The summed E-state index contributed by atoms with van der Waals surface area (Å²) in [6, 6.07) is 11.3. The van der Waals surface area contributed by atoms with E-state index in [2.05, 4.69) is 32.3 Å². The van der Waals surface area contributed by atoms with E-state index in [0.717, 1.165) is 11.3 Å². The van der Waals surface area contributed by atoms with Crippen molar-refractivity contribution in [2.45, 2.75) is 26.2 Å². The van der Waals surface area contributed by atoms with Crippen molar-refractivity contribution in [2.24, 2.45) is 0 Å². The first-order valence-corrected chi connectivity index (χ1v) is 10.9. The SMILES string of the molecule is [C-]#[N+]c1n[c-]n(-c2cc(C)cc(C(C)(C)c3cc(N(C)C)cc(-n4[c-]nc(C#N)c4C#N)n3)n2)c1[N+]#[C-].[Pt+2]. The summed E-state index contributed by atoms with van der Waals surface area (Å²) in [5.74, 6) is 0.798. The number of aryl methyl sites for hydroxylation is 1. The first-order chi connectivity index (χ1) is 17.6. The predicted molar refractivity (Wildman–Crippen MR) is 134 cm³/mol. The van der Waals surface area contributed by atoms with Crippen LogP contribution in [0.25, 0.3) is 21.3 Å². The van der Waals surface area contributed by atoms with E-state index in [-0.39, 0.29) is 44.1 Å². The molecule has 4 rings (SSSR count). The second-order valence-corrected chi connectivity index (χ2v) is 8.86. The van der Waals surface area contributed by atoms with Crippen LogP contribution in [0.1, 0.15) is 42.2 Å². The first-order valence-electron chi connectivity index (χ1n) is 10.9. The maximum atomic E-state index is 9.62. The van der Waals surface area contributed by atoms with E-state index >= 15 is 0 Å². The van der Waals surface area contributed by atoms with E-state index in [4.69, 9.17) is 23.1 Å². The Kier molecular flexibility index (Phi) is 7.78. The smallest absolute Gasteiger partial charge is 0.402 e. The maximum Gasteiger partial charge on any atom is 2.00 e. The monoisotopic (exact) mass is 680 g/mol. The Bertz CT molecular complexity index is 1700. The third-order valence-electron chi connectivity index (χ3n) is 5.81. The minimum Gasteiger partial charge on any atom is -0.402 e. The number of imidazole rings is 2. The first kappa shape index (κ1) is 27.8. The molecule has 0 aromatic carbocycles. The van der Waals surface area contributed by atoms with Crippen LogP contribution in [0.4, 0.5) is 17.3 Å². The number of rotatable bonds is 5. The van der Waals surface area contributed by atoms with Gasteiger partial charge >= 0.3 is 26.9 Å². The molecule has 4 heterocycles. The van der Waals surface area contributed by atoms with Gasteiger partial charge in [-0.15, -0.1) is 0 Å². The van der Waals surface area contributed by atoms with Gasteiger partial charge in [-0.2, -0.15) is 0 Å². The van der Waals surface area contributed by atoms with Crippen LogP contribution in [0.3, 0.4) is 0 Å². The number of hydrogen-bond donors (Lipinski definition) is 0. The van der Waals surface area contributed by atoms with E-state index < -0.39 is 5.41 Å². The zero-order chi connectivity index (χ0) is 26.9. The fourth-order valence-electron chi connectivity index (χ4n) is 3.69. The molecule has 0 bridgehead atoms. The molecule has 4 aromatic heterocycles. The van der Waals surface area contributed by atoms with Gasteiger partial charge in [-0.05, 0) is 45.0 Å². The molecule has 0 saturated carbocycles. The van der Waals surface area contributed by atoms with Crippen molar-refractivity contribution in [1.29, 1.82) is 10.5 Å². The van der Waals surface area contributed by atoms with Gasteiger partial charge in [0, 0.05) is 48.6 Å². The Morgan fingerprint density at radius 1 is 0.921 bits per heavy atom. The molecule has 0 spiro atoms. The molecule has 0 amide bonds. The molecular formula is C26H19N11Pt. The molecule has 0 aliphatic rings. The number of nitriles is 2. The molecule has 0 aliphatic carbocycles. The van der Waals surface area contributed by atoms with Crippen molar-refractivity contribution in [3.8, 4) is 23.8 Å². The third kappa shape index (κ3) is 4.76. The number of pyridine rings is 2. The molecule has 188 valence electrons. The van der Waals surface area contributed by atoms with Crippen LogP contribution in [0.5, 0.6) is 0 Å². The summed E-state index contributed by atoms with van der Waals surface area (Å²) in [5.41, 5.74) is 2.27. The van der Waals surface area contributed by atoms with Crippen molar-refractivity contribution in [2.75, 3.05) is 19.0 Å². The second-order valence-electron chi connectivity index (χ2n) is 8.86. The Labute approximate surface area is 234 Å². The summed E-state index contributed by atoms with van der Waals surface area (Å²) >= 11 is 0. The van der Waals surface area contributed by atoms with Crippen LogP contribution < -0.4 is 4.90 Å². The fourth-order valence-corrected chi connectivity index (χ4v) is 3.69. The zero-order valence-electron chi connectivity index (χ0n) is 21.0. The van der Waals surface area contributed by atoms with Crippen LogP contribution in [-0.4, -0.2) is 43.2 Å². The van der Waals surface area contributed by atoms with Crippen molar-refractivity contribution in [3.63, 3.8) is 0 Å². The van der Waals surface area contributed by atoms with Crippen molar-refractivity contribution in [1.82, 2.24) is 29.1 Å². The Morgan fingerprint density at radius 2 is 1.55 bits per heavy atom. The molecule has 0 atom stereocenters. The van der Waals surface area contributed by atoms with Gasteiger partial charge in [0.1, 0.15) is 5.82 Å². The number of nitrogens with zero attached hydrogens (tertiary/aromatic N) is 11. The number of aromatic nitrogens is 6. The molecule has 0 unspecified atom stereocenters. The van der Waals surface area contributed by atoms with Gasteiger partial charge in [-0.3, -0.25) is 14.5 Å². The van der Waals surface area contributed by atoms with E-state index in [9.17, 15) is 10.5 Å². The Hall–Kier alpha value is -4.83. The van der Waals surface area contributed by atoms with Crippen LogP contribution in [0.15, 0.2) is 24.3 Å². The second kappa shape index (κ2) is 10.7. The van der Waals surface area contributed by atoms with Crippen LogP contribution in [-0.2, 0) is 26.5 Å². The fraction of sp³-hybridized carbons (Fsp3) is 0.231. The molecule has 0 N–H and O–H groups in total. The minimum atomic E-state index is -0.742. The number of hydrogen-bond acceptors (Lipinski definition) is 7. The van der Waals surface area contributed by atoms with Gasteiger partial charge in [-0.1, -0.05) is 23.7 Å². The maximum absolute atomic E-state index is 9.62. The van der Waals surface area contributed by atoms with Crippen LogP contribution >= 0.6 is 0 Å². The zero-order valence-corrected chi connectivity index (χ0v) is 23.3. The van der Waals surface area contributed by atoms with Crippen molar-refractivity contribution >= 4 is 17.3 Å². The van der Waals surface area contributed by atoms with Gasteiger partial charge in [0.2, 0.25) is 0 Å². The average Bonchev–Trinajstić information content (AvgIpc) is 3.51. The van der Waals surface area contributed by atoms with Crippen molar-refractivity contribution in [3.05, 3.63) is 88.1 Å². The minimum absolute atomic E-state index is 0. The molecule has 0 fully saturated rings. The standard InChI is InChI=1S/C26H19N11.Pt/c1-16-8-20(33-22(9-16)37-15-32-24(29-4)25(37)30-5)26(2,3)21-10-17(35(6)7)11-23(34-21)36-14-31-18(12-27)19(36)13-28;/h8-11H,1-3,6-7H3;/q-2;+2. The molecule has 11 nitrogen and oxygen atoms in total. The summed E-state index contributed by atoms with van der Waals surface area (Å²) in [5, 5.41) is 18.9. The van der Waals surface area contributed by atoms with Gasteiger partial charge in [0.15, 0.2) is 0 Å². The molecule has 4 aromatic rings. The van der Waals surface area contributed by atoms with E-state index in [1.165, 1.54) is 9.13 Å². The van der Waals surface area contributed by atoms with E-state index in [1.807, 2.05) is 64.0 Å². The Balaban J connectivity index is 0.00000400. The molecule has 0 saturated heterocycles. The normalized spacial score (nSPS) is 10.4. The quantitative estimate of drug-likeness (QED) is 0.293. The van der Waals surface area contributed by atoms with Gasteiger partial charge in [0.05, 0.1) is 23.7 Å². The van der Waals surface area contributed by atoms with Crippen molar-refractivity contribution < 1.29 is 21.1 Å². The predicted octanol–water partition coefficient (Wildman–Crippen LogP) is 3.99. The van der Waals surface area contributed by atoms with Gasteiger partial charge in [-0.25, -0.2) is 10.5 Å². The topological polar surface area (TPSA) is 121 Å². The molecule has 38 heavy (non-hydrogen) atoms. The average molecular weight is 681 g/mol. The summed E-state index contributed by atoms with van der Waals surface area (Å²) in [7, 11) is 3.77. The largest absolute Gasteiger partial charge is 2.00 e. The molecule has 0 aliphatic heterocycles. The molecule has 12 heteroatoms. The van der Waals surface area contributed by atoms with Crippen LogP contribution in [0.2, 0.25) is 0 Å². The van der Waals surface area contributed by atoms with Gasteiger partial charge < -0.3 is 24.1 Å². The van der Waals surface area contributed by atoms with E-state index in [0.29, 0.717) is 23.0 Å². The summed E-state index contributed by atoms with van der Waals surface area (Å²) < 4.78 is 2.75. The number of anilines is 1.